The first kappa shape index (κ1) is 20.5. The molecule has 2 amide bonds. The molecule has 152 valence electrons. The smallest absolute Gasteiger partial charge is 0.225 e. The van der Waals surface area contributed by atoms with E-state index in [1.165, 1.54) is 6.92 Å². The van der Waals surface area contributed by atoms with Crippen LogP contribution in [0.3, 0.4) is 0 Å². The highest BCUT2D eigenvalue weighted by atomic mass is 16.7. The van der Waals surface area contributed by atoms with Crippen LogP contribution in [0.2, 0.25) is 0 Å². The van der Waals surface area contributed by atoms with E-state index >= 15 is 0 Å². The molecule has 1 aliphatic rings. The third-order valence-corrected chi connectivity index (χ3v) is 4.53. The summed E-state index contributed by atoms with van der Waals surface area (Å²) in [5.74, 6) is 0.369. The van der Waals surface area contributed by atoms with Crippen LogP contribution in [-0.2, 0) is 14.4 Å². The number of rotatable bonds is 7. The number of amidine groups is 1. The highest BCUT2D eigenvalue weighted by molar-refractivity contribution is 5.99. The average molecular weight is 394 g/mol. The Morgan fingerprint density at radius 3 is 2.21 bits per heavy atom. The largest absolute Gasteiger partial charge is 0.355 e. The zero-order valence-corrected chi connectivity index (χ0v) is 16.9. The zero-order valence-electron chi connectivity index (χ0n) is 16.9. The normalized spacial score (nSPS) is 18.3. The number of hydrogen-bond donors (Lipinski definition) is 2. The Balaban J connectivity index is 1.65. The fourth-order valence-corrected chi connectivity index (χ4v) is 3.21. The van der Waals surface area contributed by atoms with Gasteiger partial charge in [-0.3, -0.25) is 9.59 Å². The lowest BCUT2D eigenvalue weighted by Gasteiger charge is -2.21. The van der Waals surface area contributed by atoms with Gasteiger partial charge in [-0.15, -0.1) is 0 Å². The van der Waals surface area contributed by atoms with Gasteiger partial charge in [0.2, 0.25) is 11.8 Å². The summed E-state index contributed by atoms with van der Waals surface area (Å²) in [4.78, 5) is 33.6. The summed E-state index contributed by atoms with van der Waals surface area (Å²) in [6, 6.07) is 18.3. The molecule has 0 fully saturated rings. The fourth-order valence-electron chi connectivity index (χ4n) is 3.21. The van der Waals surface area contributed by atoms with Gasteiger partial charge in [-0.05, 0) is 18.1 Å². The van der Waals surface area contributed by atoms with Gasteiger partial charge in [-0.25, -0.2) is 14.9 Å². The van der Waals surface area contributed by atoms with Crippen LogP contribution in [-0.4, -0.2) is 48.6 Å². The van der Waals surface area contributed by atoms with Crippen molar-refractivity contribution < 1.29 is 14.4 Å². The molecule has 1 heterocycles. The molecule has 0 bridgehead atoms. The second-order valence-corrected chi connectivity index (χ2v) is 7.15. The van der Waals surface area contributed by atoms with Crippen molar-refractivity contribution in [2.24, 2.45) is 4.99 Å². The molecule has 1 unspecified atom stereocenters. The third-order valence-electron chi connectivity index (χ3n) is 4.53. The van der Waals surface area contributed by atoms with E-state index in [1.54, 1.807) is 19.0 Å². The van der Waals surface area contributed by atoms with E-state index in [0.29, 0.717) is 18.9 Å². The molecular formula is C22H26N4O3. The van der Waals surface area contributed by atoms with Crippen LogP contribution >= 0.6 is 0 Å². The molecule has 7 heteroatoms. The fraction of sp³-hybridized carbons (Fsp3) is 0.318. The van der Waals surface area contributed by atoms with Crippen LogP contribution in [0.4, 0.5) is 0 Å². The summed E-state index contributed by atoms with van der Waals surface area (Å²) in [6.45, 7) is 3.97. The number of hydroxylamine groups is 2. The Morgan fingerprint density at radius 2 is 1.55 bits per heavy atom. The number of amides is 2. The van der Waals surface area contributed by atoms with Crippen molar-refractivity contribution in [3.05, 3.63) is 60.2 Å². The van der Waals surface area contributed by atoms with Crippen LogP contribution in [0, 0.1) is 0 Å². The van der Waals surface area contributed by atoms with Crippen molar-refractivity contribution in [2.45, 2.75) is 26.0 Å². The highest BCUT2D eigenvalue weighted by Crippen LogP contribution is 2.28. The predicted octanol–water partition coefficient (Wildman–Crippen LogP) is 2.34. The maximum atomic E-state index is 12.2. The molecule has 0 saturated carbocycles. The molecule has 3 rings (SSSR count). The Hall–Kier alpha value is -3.19. The molecule has 7 nitrogen and oxygen atoms in total. The van der Waals surface area contributed by atoms with Gasteiger partial charge in [-0.1, -0.05) is 54.6 Å². The quantitative estimate of drug-likeness (QED) is 0.706. The number of nitrogens with one attached hydrogen (secondary N) is 2. The third kappa shape index (κ3) is 5.42. The maximum absolute atomic E-state index is 12.2. The van der Waals surface area contributed by atoms with Crippen molar-refractivity contribution in [3.8, 4) is 11.1 Å². The lowest BCUT2D eigenvalue weighted by Crippen LogP contribution is -2.38. The molecule has 0 aliphatic carbocycles. The number of benzene rings is 2. The van der Waals surface area contributed by atoms with Crippen molar-refractivity contribution in [1.29, 1.82) is 0 Å². The standard InChI is InChI=1S/C22H26N4O3/c1-16(27)23-13-14-24-20(28)15-22(2)25-21(26(3)29-22)19-11-9-18(10-12-19)17-7-5-4-6-8-17/h4-12H,13-15H2,1-3H3,(H,23,27)(H,24,28). The topological polar surface area (TPSA) is 83.0 Å². The minimum Gasteiger partial charge on any atom is -0.355 e. The van der Waals surface area contributed by atoms with Crippen LogP contribution in [0.1, 0.15) is 25.8 Å². The molecule has 2 aromatic carbocycles. The molecule has 2 N–H and O–H groups in total. The molecular weight excluding hydrogens is 368 g/mol. The van der Waals surface area contributed by atoms with Crippen LogP contribution in [0.25, 0.3) is 11.1 Å². The molecule has 0 saturated heterocycles. The maximum Gasteiger partial charge on any atom is 0.225 e. The van der Waals surface area contributed by atoms with Gasteiger partial charge < -0.3 is 10.6 Å². The zero-order chi connectivity index (χ0) is 20.9. The summed E-state index contributed by atoms with van der Waals surface area (Å²) in [5, 5.41) is 7.00. The van der Waals surface area contributed by atoms with Crippen molar-refractivity contribution >= 4 is 17.6 Å². The second kappa shape index (κ2) is 8.87. The number of nitrogens with zero attached hydrogens (tertiary/aromatic N) is 2. The van der Waals surface area contributed by atoms with Crippen molar-refractivity contribution in [2.75, 3.05) is 20.1 Å². The van der Waals surface area contributed by atoms with E-state index in [4.69, 9.17) is 4.84 Å². The Bertz CT molecular complexity index is 896. The van der Waals surface area contributed by atoms with E-state index in [2.05, 4.69) is 27.8 Å². The van der Waals surface area contributed by atoms with Gasteiger partial charge in [-0.2, -0.15) is 0 Å². The summed E-state index contributed by atoms with van der Waals surface area (Å²) in [5.41, 5.74) is 2.22. The average Bonchev–Trinajstić information content (AvgIpc) is 3.00. The van der Waals surface area contributed by atoms with E-state index < -0.39 is 5.72 Å². The first-order valence-corrected chi connectivity index (χ1v) is 9.56. The van der Waals surface area contributed by atoms with Gasteiger partial charge in [0.1, 0.15) is 0 Å². The van der Waals surface area contributed by atoms with E-state index in [-0.39, 0.29) is 18.2 Å². The summed E-state index contributed by atoms with van der Waals surface area (Å²) in [6.07, 6.45) is 0.0863. The lowest BCUT2D eigenvalue weighted by atomic mass is 10.0. The molecule has 29 heavy (non-hydrogen) atoms. The van der Waals surface area contributed by atoms with E-state index in [0.717, 1.165) is 16.7 Å². The molecule has 2 aromatic rings. The predicted molar refractivity (Wildman–Crippen MR) is 112 cm³/mol. The SMILES string of the molecule is CC(=O)NCCNC(=O)CC1(C)N=C(c2ccc(-c3ccccc3)cc2)N(C)O1. The number of carbonyl (C=O) groups is 2. The molecule has 0 radical (unpaired) electrons. The molecule has 0 spiro atoms. The second-order valence-electron chi connectivity index (χ2n) is 7.15. The molecule has 1 aliphatic heterocycles. The van der Waals surface area contributed by atoms with Gasteiger partial charge in [0.25, 0.3) is 0 Å². The Morgan fingerprint density at radius 1 is 0.966 bits per heavy atom. The Labute approximate surface area is 170 Å². The van der Waals surface area contributed by atoms with E-state index in [1.807, 2.05) is 42.5 Å². The van der Waals surface area contributed by atoms with Gasteiger partial charge in [0, 0.05) is 32.6 Å². The van der Waals surface area contributed by atoms with Gasteiger partial charge in [0.15, 0.2) is 11.6 Å². The monoisotopic (exact) mass is 394 g/mol. The van der Waals surface area contributed by atoms with Crippen LogP contribution < -0.4 is 10.6 Å². The first-order chi connectivity index (χ1) is 13.9. The highest BCUT2D eigenvalue weighted by Gasteiger charge is 2.37. The van der Waals surface area contributed by atoms with E-state index in [9.17, 15) is 9.59 Å². The summed E-state index contributed by atoms with van der Waals surface area (Å²) >= 11 is 0. The lowest BCUT2D eigenvalue weighted by molar-refractivity contribution is -0.166. The van der Waals surface area contributed by atoms with Crippen LogP contribution in [0.5, 0.6) is 0 Å². The number of carbonyl (C=O) groups excluding carboxylic acids is 2. The summed E-state index contributed by atoms with van der Waals surface area (Å²) in [7, 11) is 1.78. The Kier molecular flexibility index (Phi) is 6.29. The van der Waals surface area contributed by atoms with Gasteiger partial charge >= 0.3 is 0 Å². The minimum atomic E-state index is -0.972. The molecule has 1 atom stereocenters. The first-order valence-electron chi connectivity index (χ1n) is 9.56. The van der Waals surface area contributed by atoms with Gasteiger partial charge in [0.05, 0.1) is 6.42 Å². The number of hydrogen-bond acceptors (Lipinski definition) is 5. The van der Waals surface area contributed by atoms with Crippen LogP contribution in [0.15, 0.2) is 59.6 Å². The minimum absolute atomic E-state index is 0.0863. The number of aliphatic imine (C=N–C) groups is 1. The molecule has 0 aromatic heterocycles. The van der Waals surface area contributed by atoms with Crippen molar-refractivity contribution in [3.63, 3.8) is 0 Å². The summed E-state index contributed by atoms with van der Waals surface area (Å²) < 4.78 is 0. The van der Waals surface area contributed by atoms with Crippen molar-refractivity contribution in [1.82, 2.24) is 15.7 Å².